The van der Waals surface area contributed by atoms with E-state index in [4.69, 9.17) is 9.15 Å². The molecule has 1 fully saturated rings. The maximum atomic E-state index is 13.4. The van der Waals surface area contributed by atoms with Crippen LogP contribution in [0.5, 0.6) is 0 Å². The second-order valence-electron chi connectivity index (χ2n) is 7.41. The summed E-state index contributed by atoms with van der Waals surface area (Å²) in [4.78, 5) is 44.2. The van der Waals surface area contributed by atoms with Crippen LogP contribution in [0.4, 0.5) is 0 Å². The summed E-state index contributed by atoms with van der Waals surface area (Å²) in [6.45, 7) is 0.787. The van der Waals surface area contributed by atoms with Crippen molar-refractivity contribution in [2.24, 2.45) is 0 Å². The Morgan fingerprint density at radius 3 is 2.94 bits per heavy atom. The molecule has 0 spiro atoms. The first-order valence-corrected chi connectivity index (χ1v) is 10.8. The Kier molecular flexibility index (Phi) is 5.16. The van der Waals surface area contributed by atoms with Crippen LogP contribution in [0, 0.1) is 0 Å². The SMILES string of the molecule is O=C(Cn1c(=O)n(CC2CCCO2)c(=O)c2sc3ncccc3c21)NCc1ccco1. The van der Waals surface area contributed by atoms with Gasteiger partial charge in [0, 0.05) is 18.2 Å². The lowest BCUT2D eigenvalue weighted by atomic mass is 10.2. The highest BCUT2D eigenvalue weighted by molar-refractivity contribution is 7.25. The van der Waals surface area contributed by atoms with Crippen molar-refractivity contribution in [1.82, 2.24) is 19.4 Å². The van der Waals surface area contributed by atoms with Gasteiger partial charge in [-0.15, -0.1) is 11.3 Å². The van der Waals surface area contributed by atoms with Gasteiger partial charge in [0.05, 0.1) is 31.0 Å². The van der Waals surface area contributed by atoms with Crippen LogP contribution < -0.4 is 16.6 Å². The number of carbonyl (C=O) groups is 1. The van der Waals surface area contributed by atoms with Crippen molar-refractivity contribution < 1.29 is 13.9 Å². The molecule has 0 aromatic carbocycles. The van der Waals surface area contributed by atoms with E-state index in [9.17, 15) is 14.4 Å². The molecule has 5 heterocycles. The molecule has 1 unspecified atom stereocenters. The molecule has 1 aliphatic heterocycles. The minimum Gasteiger partial charge on any atom is -0.467 e. The molecule has 5 rings (SSSR count). The van der Waals surface area contributed by atoms with Crippen molar-refractivity contribution >= 4 is 37.7 Å². The minimum absolute atomic E-state index is 0.170. The molecule has 9 nitrogen and oxygen atoms in total. The molecule has 4 aromatic rings. The smallest absolute Gasteiger partial charge is 0.332 e. The number of fused-ring (bicyclic) bond motifs is 3. The fourth-order valence-corrected chi connectivity index (χ4v) is 4.98. The van der Waals surface area contributed by atoms with Crippen molar-refractivity contribution in [3.05, 3.63) is 63.3 Å². The standard InChI is InChI=1S/C21H20N4O5S/c26-16(23-10-13-4-2-8-29-13)12-24-17-15-6-1-7-22-19(15)31-18(17)20(27)25(21(24)28)11-14-5-3-9-30-14/h1-2,4,6-8,14H,3,5,9-12H2,(H,23,26). The maximum absolute atomic E-state index is 13.4. The number of nitrogens with one attached hydrogen (secondary N) is 1. The summed E-state index contributed by atoms with van der Waals surface area (Å²) in [5.74, 6) is 0.254. The summed E-state index contributed by atoms with van der Waals surface area (Å²) in [5, 5.41) is 3.44. The highest BCUT2D eigenvalue weighted by Crippen LogP contribution is 2.29. The van der Waals surface area contributed by atoms with Crippen LogP contribution in [0.25, 0.3) is 20.4 Å². The lowest BCUT2D eigenvalue weighted by Gasteiger charge is -2.15. The molecule has 1 amide bonds. The number of thiophene rings is 1. The second-order valence-corrected chi connectivity index (χ2v) is 8.41. The normalized spacial score (nSPS) is 16.3. The number of ether oxygens (including phenoxy) is 1. The number of hydrogen-bond acceptors (Lipinski definition) is 7. The van der Waals surface area contributed by atoms with Gasteiger partial charge in [-0.2, -0.15) is 0 Å². The average molecular weight is 440 g/mol. The summed E-state index contributed by atoms with van der Waals surface area (Å²) < 4.78 is 13.8. The van der Waals surface area contributed by atoms with Gasteiger partial charge < -0.3 is 14.5 Å². The van der Waals surface area contributed by atoms with Gasteiger partial charge in [0.1, 0.15) is 21.8 Å². The molecular weight excluding hydrogens is 420 g/mol. The van der Waals surface area contributed by atoms with Gasteiger partial charge >= 0.3 is 5.69 Å². The molecule has 1 N–H and O–H groups in total. The van der Waals surface area contributed by atoms with Crippen molar-refractivity contribution in [1.29, 1.82) is 0 Å². The van der Waals surface area contributed by atoms with Gasteiger partial charge in [-0.05, 0) is 37.1 Å². The lowest BCUT2D eigenvalue weighted by molar-refractivity contribution is -0.121. The van der Waals surface area contributed by atoms with Crippen LogP contribution in [0.15, 0.2) is 50.7 Å². The molecule has 4 aromatic heterocycles. The Morgan fingerprint density at radius 2 is 2.16 bits per heavy atom. The highest BCUT2D eigenvalue weighted by atomic mass is 32.1. The number of carbonyl (C=O) groups excluding carboxylic acids is 1. The van der Waals surface area contributed by atoms with Crippen LogP contribution in [0.2, 0.25) is 0 Å². The monoisotopic (exact) mass is 440 g/mol. The molecule has 0 bridgehead atoms. The van der Waals surface area contributed by atoms with Crippen LogP contribution in [-0.2, 0) is 29.2 Å². The Morgan fingerprint density at radius 1 is 1.26 bits per heavy atom. The van der Waals surface area contributed by atoms with E-state index in [1.54, 1.807) is 24.4 Å². The molecule has 31 heavy (non-hydrogen) atoms. The first-order chi connectivity index (χ1) is 15.1. The van der Waals surface area contributed by atoms with Gasteiger partial charge in [-0.3, -0.25) is 18.7 Å². The molecule has 0 radical (unpaired) electrons. The molecule has 10 heteroatoms. The largest absolute Gasteiger partial charge is 0.467 e. The number of amides is 1. The van der Waals surface area contributed by atoms with Gasteiger partial charge in [0.15, 0.2) is 0 Å². The Hall–Kier alpha value is -3.24. The number of hydrogen-bond donors (Lipinski definition) is 1. The molecule has 1 atom stereocenters. The fraction of sp³-hybridized carbons (Fsp3) is 0.333. The van der Waals surface area contributed by atoms with E-state index in [1.807, 2.05) is 6.07 Å². The molecule has 1 saturated heterocycles. The van der Waals surface area contributed by atoms with Crippen molar-refractivity contribution in [3.8, 4) is 0 Å². The van der Waals surface area contributed by atoms with Crippen LogP contribution in [0.1, 0.15) is 18.6 Å². The maximum Gasteiger partial charge on any atom is 0.332 e. The number of pyridine rings is 1. The third kappa shape index (κ3) is 3.68. The van der Waals surface area contributed by atoms with Crippen LogP contribution in [0.3, 0.4) is 0 Å². The summed E-state index contributed by atoms with van der Waals surface area (Å²) >= 11 is 1.23. The third-order valence-corrected chi connectivity index (χ3v) is 6.45. The van der Waals surface area contributed by atoms with Crippen molar-refractivity contribution in [2.75, 3.05) is 6.61 Å². The zero-order chi connectivity index (χ0) is 21.4. The number of furan rings is 1. The predicted molar refractivity (Wildman–Crippen MR) is 115 cm³/mol. The lowest BCUT2D eigenvalue weighted by Crippen LogP contribution is -2.44. The van der Waals surface area contributed by atoms with Gasteiger partial charge in [0.25, 0.3) is 5.56 Å². The molecule has 0 aliphatic carbocycles. The van der Waals surface area contributed by atoms with Gasteiger partial charge in [-0.25, -0.2) is 9.78 Å². The summed E-state index contributed by atoms with van der Waals surface area (Å²) in [6.07, 6.45) is 4.68. The topological polar surface area (TPSA) is 108 Å². The Balaban J connectivity index is 1.59. The van der Waals surface area contributed by atoms with E-state index in [1.165, 1.54) is 26.7 Å². The molecule has 160 valence electrons. The first kappa shape index (κ1) is 19.7. The van der Waals surface area contributed by atoms with Crippen LogP contribution in [-0.4, -0.2) is 32.7 Å². The quantitative estimate of drug-likeness (QED) is 0.490. The van der Waals surface area contributed by atoms with Crippen molar-refractivity contribution in [3.63, 3.8) is 0 Å². The molecule has 0 saturated carbocycles. The Labute approximate surface area is 179 Å². The summed E-state index contributed by atoms with van der Waals surface area (Å²) in [5.41, 5.74) is -0.449. The van der Waals surface area contributed by atoms with E-state index < -0.39 is 5.69 Å². The number of rotatable bonds is 6. The fourth-order valence-electron chi connectivity index (χ4n) is 3.88. The van der Waals surface area contributed by atoms with E-state index in [-0.39, 0.29) is 37.2 Å². The summed E-state index contributed by atoms with van der Waals surface area (Å²) in [7, 11) is 0. The minimum atomic E-state index is -0.523. The zero-order valence-electron chi connectivity index (χ0n) is 16.6. The van der Waals surface area contributed by atoms with E-state index in [2.05, 4.69) is 10.3 Å². The van der Waals surface area contributed by atoms with Gasteiger partial charge in [0.2, 0.25) is 5.91 Å². The number of nitrogens with zero attached hydrogens (tertiary/aromatic N) is 3. The predicted octanol–water partition coefficient (Wildman–Crippen LogP) is 1.86. The van der Waals surface area contributed by atoms with E-state index >= 15 is 0 Å². The zero-order valence-corrected chi connectivity index (χ0v) is 17.4. The number of aromatic nitrogens is 3. The van der Waals surface area contributed by atoms with Crippen molar-refractivity contribution in [2.45, 2.75) is 38.6 Å². The summed E-state index contributed by atoms with van der Waals surface area (Å²) in [6, 6.07) is 7.05. The second kappa shape index (κ2) is 8.12. The van der Waals surface area contributed by atoms with E-state index in [0.717, 1.165) is 12.8 Å². The highest BCUT2D eigenvalue weighted by Gasteiger charge is 2.23. The van der Waals surface area contributed by atoms with Gasteiger partial charge in [-0.1, -0.05) is 0 Å². The Bertz CT molecular complexity index is 1360. The molecular formula is C21H20N4O5S. The first-order valence-electron chi connectivity index (χ1n) is 10.0. The van der Waals surface area contributed by atoms with Crippen LogP contribution >= 0.6 is 11.3 Å². The molecule has 1 aliphatic rings. The van der Waals surface area contributed by atoms with E-state index in [0.29, 0.717) is 32.8 Å². The third-order valence-electron chi connectivity index (χ3n) is 5.36. The average Bonchev–Trinajstić information content (AvgIpc) is 3.53.